The minimum Gasteiger partial charge on any atom is -0.356 e. The van der Waals surface area contributed by atoms with E-state index in [4.69, 9.17) is 0 Å². The molecule has 2 aromatic heterocycles. The van der Waals surface area contributed by atoms with Crippen LogP contribution >= 0.6 is 0 Å². The van der Waals surface area contributed by atoms with Gasteiger partial charge in [-0.05, 0) is 23.8 Å². The number of nitrogens with one attached hydrogen (secondary N) is 1. The van der Waals surface area contributed by atoms with Crippen molar-refractivity contribution in [3.63, 3.8) is 0 Å². The summed E-state index contributed by atoms with van der Waals surface area (Å²) in [6.45, 7) is 2.28. The zero-order chi connectivity index (χ0) is 18.1. The lowest BCUT2D eigenvalue weighted by Gasteiger charge is -2.34. The molecule has 1 saturated heterocycles. The third-order valence-corrected chi connectivity index (χ3v) is 4.84. The van der Waals surface area contributed by atoms with Crippen LogP contribution in [0, 0.1) is 0 Å². The van der Waals surface area contributed by atoms with Crippen molar-refractivity contribution in [3.8, 4) is 0 Å². The maximum Gasteiger partial charge on any atom is 0.255 e. The summed E-state index contributed by atoms with van der Waals surface area (Å²) >= 11 is 0. The van der Waals surface area contributed by atoms with E-state index in [1.165, 1.54) is 0 Å². The van der Waals surface area contributed by atoms with E-state index in [9.17, 15) is 9.59 Å². The largest absolute Gasteiger partial charge is 0.356 e. The highest BCUT2D eigenvalue weighted by molar-refractivity contribution is 5.94. The molecular weight excluding hydrogens is 330 g/mol. The van der Waals surface area contributed by atoms with Crippen molar-refractivity contribution in [3.05, 3.63) is 54.1 Å². The fraction of sp³-hybridized carbons (Fsp3) is 0.316. The summed E-state index contributed by atoms with van der Waals surface area (Å²) < 4.78 is 1.86. The van der Waals surface area contributed by atoms with Crippen molar-refractivity contribution in [2.24, 2.45) is 7.05 Å². The van der Waals surface area contributed by atoms with Crippen LogP contribution in [0.25, 0.3) is 11.0 Å². The Morgan fingerprint density at radius 2 is 1.88 bits per heavy atom. The molecule has 0 atom stereocenters. The van der Waals surface area contributed by atoms with Crippen LogP contribution in [0.1, 0.15) is 15.9 Å². The van der Waals surface area contributed by atoms with Crippen molar-refractivity contribution in [2.75, 3.05) is 26.2 Å². The maximum absolute atomic E-state index is 12.6. The van der Waals surface area contributed by atoms with Crippen molar-refractivity contribution >= 4 is 22.8 Å². The Morgan fingerprint density at radius 1 is 1.12 bits per heavy atom. The second-order valence-electron chi connectivity index (χ2n) is 6.67. The summed E-state index contributed by atoms with van der Waals surface area (Å²) in [6, 6.07) is 7.65. The lowest BCUT2D eigenvalue weighted by Crippen LogP contribution is -2.50. The van der Waals surface area contributed by atoms with Gasteiger partial charge in [-0.2, -0.15) is 0 Å². The summed E-state index contributed by atoms with van der Waals surface area (Å²) in [4.78, 5) is 36.0. The standard InChI is InChI=1S/C19H21N5O2/c1-22-5-4-15(12-22)19(26)24-8-6-23(7-9-24)18(25)11-14-2-3-16-17(10-14)21-13-20-16/h2-5,10,12-13H,6-9,11H2,1H3,(H,20,21). The number of fused-ring (bicyclic) bond motifs is 1. The van der Waals surface area contributed by atoms with E-state index in [2.05, 4.69) is 9.97 Å². The summed E-state index contributed by atoms with van der Waals surface area (Å²) in [5.41, 5.74) is 3.50. The summed E-state index contributed by atoms with van der Waals surface area (Å²) in [5, 5.41) is 0. The molecule has 3 heterocycles. The molecule has 0 unspecified atom stereocenters. The second kappa shape index (κ2) is 6.67. The van der Waals surface area contributed by atoms with Crippen molar-refractivity contribution < 1.29 is 9.59 Å². The number of hydrogen-bond acceptors (Lipinski definition) is 3. The first kappa shape index (κ1) is 16.4. The number of aryl methyl sites for hydroxylation is 1. The molecule has 4 rings (SSSR count). The van der Waals surface area contributed by atoms with Gasteiger partial charge in [0.05, 0.1) is 29.3 Å². The highest BCUT2D eigenvalue weighted by Crippen LogP contribution is 2.14. The molecule has 7 nitrogen and oxygen atoms in total. The zero-order valence-electron chi connectivity index (χ0n) is 14.7. The molecule has 1 aliphatic heterocycles. The van der Waals surface area contributed by atoms with Gasteiger partial charge in [0.2, 0.25) is 5.91 Å². The van der Waals surface area contributed by atoms with Crippen LogP contribution < -0.4 is 0 Å². The maximum atomic E-state index is 12.6. The normalized spacial score (nSPS) is 14.8. The van der Waals surface area contributed by atoms with Gasteiger partial charge in [-0.1, -0.05) is 6.07 Å². The quantitative estimate of drug-likeness (QED) is 0.776. The number of H-pyrrole nitrogens is 1. The number of imidazole rings is 1. The van der Waals surface area contributed by atoms with Crippen LogP contribution in [-0.4, -0.2) is 62.3 Å². The Kier molecular flexibility index (Phi) is 4.20. The molecule has 0 radical (unpaired) electrons. The monoisotopic (exact) mass is 351 g/mol. The molecule has 1 aliphatic rings. The summed E-state index contributed by atoms with van der Waals surface area (Å²) in [5.74, 6) is 0.123. The lowest BCUT2D eigenvalue weighted by atomic mass is 10.1. The first-order valence-corrected chi connectivity index (χ1v) is 8.71. The van der Waals surface area contributed by atoms with E-state index in [1.807, 2.05) is 58.1 Å². The fourth-order valence-corrected chi connectivity index (χ4v) is 3.35. The third-order valence-electron chi connectivity index (χ3n) is 4.84. The minimum atomic E-state index is 0.0300. The van der Waals surface area contributed by atoms with Gasteiger partial charge in [-0.25, -0.2) is 4.98 Å². The Morgan fingerprint density at radius 3 is 2.62 bits per heavy atom. The zero-order valence-corrected chi connectivity index (χ0v) is 14.7. The molecule has 0 bridgehead atoms. The Bertz CT molecular complexity index is 950. The van der Waals surface area contributed by atoms with Gasteiger partial charge in [0.15, 0.2) is 0 Å². The molecule has 0 saturated carbocycles. The van der Waals surface area contributed by atoms with E-state index in [0.29, 0.717) is 38.2 Å². The van der Waals surface area contributed by atoms with Crippen molar-refractivity contribution in [2.45, 2.75) is 6.42 Å². The van der Waals surface area contributed by atoms with E-state index in [-0.39, 0.29) is 11.8 Å². The molecule has 3 aromatic rings. The summed E-state index contributed by atoms with van der Waals surface area (Å²) in [7, 11) is 1.90. The van der Waals surface area contributed by atoms with E-state index < -0.39 is 0 Å². The van der Waals surface area contributed by atoms with Crippen LogP contribution in [0.5, 0.6) is 0 Å². The van der Waals surface area contributed by atoms with Crippen molar-refractivity contribution in [1.82, 2.24) is 24.3 Å². The molecule has 0 spiro atoms. The first-order chi connectivity index (χ1) is 12.6. The topological polar surface area (TPSA) is 74.2 Å². The molecule has 2 amide bonds. The number of aromatic amines is 1. The smallest absolute Gasteiger partial charge is 0.255 e. The molecular formula is C19H21N5O2. The number of carbonyl (C=O) groups is 2. The van der Waals surface area contributed by atoms with Gasteiger partial charge in [0, 0.05) is 45.6 Å². The van der Waals surface area contributed by atoms with Crippen LogP contribution in [0.15, 0.2) is 43.0 Å². The average molecular weight is 351 g/mol. The Balaban J connectivity index is 1.35. The van der Waals surface area contributed by atoms with Crippen LogP contribution in [0.4, 0.5) is 0 Å². The van der Waals surface area contributed by atoms with E-state index in [0.717, 1.165) is 16.6 Å². The van der Waals surface area contributed by atoms with Crippen LogP contribution in [-0.2, 0) is 18.3 Å². The molecule has 26 heavy (non-hydrogen) atoms. The van der Waals surface area contributed by atoms with Crippen LogP contribution in [0.2, 0.25) is 0 Å². The number of carbonyl (C=O) groups excluding carboxylic acids is 2. The molecule has 1 fully saturated rings. The highest BCUT2D eigenvalue weighted by Gasteiger charge is 2.25. The molecule has 1 N–H and O–H groups in total. The number of hydrogen-bond donors (Lipinski definition) is 1. The Hall–Kier alpha value is -3.09. The van der Waals surface area contributed by atoms with Gasteiger partial charge in [0.1, 0.15) is 0 Å². The van der Waals surface area contributed by atoms with Gasteiger partial charge in [-0.15, -0.1) is 0 Å². The number of nitrogens with zero attached hydrogens (tertiary/aromatic N) is 4. The Labute approximate surface area is 151 Å². The third kappa shape index (κ3) is 3.20. The van der Waals surface area contributed by atoms with Crippen molar-refractivity contribution in [1.29, 1.82) is 0 Å². The highest BCUT2D eigenvalue weighted by atomic mass is 16.2. The van der Waals surface area contributed by atoms with Gasteiger partial charge < -0.3 is 19.4 Å². The SMILES string of the molecule is Cn1ccc(C(=O)N2CCN(C(=O)Cc3ccc4nc[nH]c4c3)CC2)c1. The van der Waals surface area contributed by atoms with Gasteiger partial charge in [0.25, 0.3) is 5.91 Å². The van der Waals surface area contributed by atoms with E-state index in [1.54, 1.807) is 6.33 Å². The number of amides is 2. The van der Waals surface area contributed by atoms with Gasteiger partial charge >= 0.3 is 0 Å². The molecule has 1 aromatic carbocycles. The minimum absolute atomic E-state index is 0.0300. The van der Waals surface area contributed by atoms with Gasteiger partial charge in [-0.3, -0.25) is 9.59 Å². The average Bonchev–Trinajstić information content (AvgIpc) is 3.29. The number of benzene rings is 1. The number of aromatic nitrogens is 3. The molecule has 134 valence electrons. The molecule has 7 heteroatoms. The lowest BCUT2D eigenvalue weighted by molar-refractivity contribution is -0.131. The summed E-state index contributed by atoms with van der Waals surface area (Å²) in [6.07, 6.45) is 5.70. The van der Waals surface area contributed by atoms with Crippen LogP contribution in [0.3, 0.4) is 0 Å². The molecule has 0 aliphatic carbocycles. The number of rotatable bonds is 3. The predicted octanol–water partition coefficient (Wildman–Crippen LogP) is 1.43. The van der Waals surface area contributed by atoms with E-state index >= 15 is 0 Å². The predicted molar refractivity (Wildman–Crippen MR) is 97.7 cm³/mol. The fourth-order valence-electron chi connectivity index (χ4n) is 3.35. The first-order valence-electron chi connectivity index (χ1n) is 8.71. The number of piperazine rings is 1. The second-order valence-corrected chi connectivity index (χ2v) is 6.67.